The van der Waals surface area contributed by atoms with Crippen LogP contribution in [0.15, 0.2) is 0 Å². The lowest BCUT2D eigenvalue weighted by Gasteiger charge is -2.08. The fraction of sp³-hybridized carbons (Fsp3) is 0.917. The first-order valence-corrected chi connectivity index (χ1v) is 6.12. The Morgan fingerprint density at radius 1 is 1.38 bits per heavy atom. The van der Waals surface area contributed by atoms with Crippen LogP contribution < -0.4 is 5.32 Å². The van der Waals surface area contributed by atoms with Crippen LogP contribution >= 0.6 is 0 Å². The average molecular weight is 229 g/mol. The molecule has 0 unspecified atom stereocenters. The highest BCUT2D eigenvalue weighted by Crippen LogP contribution is 2.27. The molecule has 0 heterocycles. The predicted octanol–water partition coefficient (Wildman–Crippen LogP) is 1.20. The van der Waals surface area contributed by atoms with Gasteiger partial charge in [0.2, 0.25) is 0 Å². The van der Waals surface area contributed by atoms with Gasteiger partial charge >= 0.3 is 5.97 Å². The summed E-state index contributed by atoms with van der Waals surface area (Å²) >= 11 is 0. The van der Waals surface area contributed by atoms with Gasteiger partial charge in [-0.2, -0.15) is 0 Å². The van der Waals surface area contributed by atoms with Gasteiger partial charge in [0.05, 0.1) is 13.2 Å². The van der Waals surface area contributed by atoms with Gasteiger partial charge in [0, 0.05) is 6.61 Å². The summed E-state index contributed by atoms with van der Waals surface area (Å²) in [4.78, 5) is 11.2. The molecule has 4 heteroatoms. The van der Waals surface area contributed by atoms with Crippen LogP contribution in [0.3, 0.4) is 0 Å². The second-order valence-electron chi connectivity index (χ2n) is 4.76. The highest BCUT2D eigenvalue weighted by Gasteiger charge is 2.20. The lowest BCUT2D eigenvalue weighted by atomic mass is 10.2. The summed E-state index contributed by atoms with van der Waals surface area (Å²) in [6.45, 7) is 7.02. The molecule has 0 atom stereocenters. The highest BCUT2D eigenvalue weighted by molar-refractivity contribution is 5.71. The van der Waals surface area contributed by atoms with Gasteiger partial charge in [-0.1, -0.05) is 13.8 Å². The van der Waals surface area contributed by atoms with Gasteiger partial charge in [0.1, 0.15) is 6.61 Å². The highest BCUT2D eigenvalue weighted by atomic mass is 16.6. The predicted molar refractivity (Wildman–Crippen MR) is 62.2 cm³/mol. The second-order valence-corrected chi connectivity index (χ2v) is 4.76. The fourth-order valence-electron chi connectivity index (χ4n) is 1.28. The number of ether oxygens (including phenoxy) is 2. The molecule has 1 aliphatic carbocycles. The third kappa shape index (κ3) is 7.65. The number of nitrogens with one attached hydrogen (secondary N) is 1. The molecule has 4 nitrogen and oxygen atoms in total. The number of hydrogen-bond acceptors (Lipinski definition) is 4. The first kappa shape index (κ1) is 13.5. The number of carbonyl (C=O) groups is 1. The molecular weight excluding hydrogens is 206 g/mol. The van der Waals surface area contributed by atoms with Crippen LogP contribution in [-0.4, -0.2) is 38.9 Å². The van der Waals surface area contributed by atoms with Crippen molar-refractivity contribution in [1.29, 1.82) is 0 Å². The molecule has 0 saturated heterocycles. The lowest BCUT2D eigenvalue weighted by Crippen LogP contribution is -2.27. The van der Waals surface area contributed by atoms with Gasteiger partial charge < -0.3 is 14.8 Å². The summed E-state index contributed by atoms with van der Waals surface area (Å²) in [7, 11) is 0. The first-order chi connectivity index (χ1) is 7.68. The van der Waals surface area contributed by atoms with E-state index >= 15 is 0 Å². The van der Waals surface area contributed by atoms with Gasteiger partial charge in [-0.15, -0.1) is 0 Å². The largest absolute Gasteiger partial charge is 0.462 e. The van der Waals surface area contributed by atoms with Crippen molar-refractivity contribution in [3.05, 3.63) is 0 Å². The Kier molecular flexibility index (Phi) is 6.42. The van der Waals surface area contributed by atoms with E-state index in [2.05, 4.69) is 19.2 Å². The zero-order valence-electron chi connectivity index (χ0n) is 10.3. The summed E-state index contributed by atoms with van der Waals surface area (Å²) in [6, 6.07) is 0. The smallest absolute Gasteiger partial charge is 0.320 e. The maximum Gasteiger partial charge on any atom is 0.320 e. The Morgan fingerprint density at radius 2 is 2.12 bits per heavy atom. The van der Waals surface area contributed by atoms with E-state index in [1.807, 2.05) is 0 Å². The minimum Gasteiger partial charge on any atom is -0.462 e. The van der Waals surface area contributed by atoms with Crippen molar-refractivity contribution >= 4 is 5.97 Å². The van der Waals surface area contributed by atoms with Crippen molar-refractivity contribution < 1.29 is 14.3 Å². The van der Waals surface area contributed by atoms with Crippen molar-refractivity contribution in [3.63, 3.8) is 0 Å². The molecule has 0 aromatic rings. The molecule has 1 fully saturated rings. The number of rotatable bonds is 9. The van der Waals surface area contributed by atoms with E-state index in [0.717, 1.165) is 19.1 Å². The van der Waals surface area contributed by atoms with Crippen LogP contribution in [0.2, 0.25) is 0 Å². The van der Waals surface area contributed by atoms with Gasteiger partial charge in [0.25, 0.3) is 0 Å². The van der Waals surface area contributed by atoms with E-state index in [0.29, 0.717) is 25.7 Å². The molecule has 0 aromatic heterocycles. The summed E-state index contributed by atoms with van der Waals surface area (Å²) in [6.07, 6.45) is 2.59. The fourth-order valence-corrected chi connectivity index (χ4v) is 1.28. The Labute approximate surface area is 97.7 Å². The van der Waals surface area contributed by atoms with Crippen LogP contribution in [0.5, 0.6) is 0 Å². The zero-order valence-corrected chi connectivity index (χ0v) is 10.3. The Hall–Kier alpha value is -0.610. The van der Waals surface area contributed by atoms with E-state index in [-0.39, 0.29) is 5.97 Å². The van der Waals surface area contributed by atoms with Gasteiger partial charge in [-0.05, 0) is 31.2 Å². The van der Waals surface area contributed by atoms with E-state index in [1.165, 1.54) is 12.8 Å². The minimum atomic E-state index is -0.186. The van der Waals surface area contributed by atoms with E-state index in [4.69, 9.17) is 9.47 Å². The Bertz CT molecular complexity index is 202. The number of esters is 1. The molecule has 94 valence electrons. The minimum absolute atomic E-state index is 0.186. The normalized spacial score (nSPS) is 15.4. The lowest BCUT2D eigenvalue weighted by molar-refractivity contribution is -0.144. The van der Waals surface area contributed by atoms with E-state index < -0.39 is 0 Å². The van der Waals surface area contributed by atoms with Crippen LogP contribution in [0.1, 0.15) is 26.7 Å². The molecule has 0 spiro atoms. The molecule has 16 heavy (non-hydrogen) atoms. The maximum absolute atomic E-state index is 11.2. The molecule has 0 amide bonds. The van der Waals surface area contributed by atoms with Crippen molar-refractivity contribution in [1.82, 2.24) is 5.32 Å². The zero-order chi connectivity index (χ0) is 11.8. The molecule has 0 aromatic carbocycles. The standard InChI is InChI=1S/C12H23NO3/c1-10(2)9-15-5-6-16-12(14)8-13-7-11-3-4-11/h10-11,13H,3-9H2,1-2H3. The van der Waals surface area contributed by atoms with Crippen molar-refractivity contribution in [2.75, 3.05) is 32.9 Å². The molecule has 1 aliphatic rings. The van der Waals surface area contributed by atoms with Crippen molar-refractivity contribution in [2.45, 2.75) is 26.7 Å². The van der Waals surface area contributed by atoms with Gasteiger partial charge in [-0.25, -0.2) is 0 Å². The van der Waals surface area contributed by atoms with Gasteiger partial charge in [0.15, 0.2) is 0 Å². The number of hydrogen-bond donors (Lipinski definition) is 1. The second kappa shape index (κ2) is 7.63. The van der Waals surface area contributed by atoms with Crippen LogP contribution in [0, 0.1) is 11.8 Å². The average Bonchev–Trinajstić information content (AvgIpc) is 3.00. The number of carbonyl (C=O) groups excluding carboxylic acids is 1. The van der Waals surface area contributed by atoms with Crippen LogP contribution in [0.25, 0.3) is 0 Å². The molecule has 1 rings (SSSR count). The molecule has 0 aliphatic heterocycles. The van der Waals surface area contributed by atoms with Crippen LogP contribution in [-0.2, 0) is 14.3 Å². The Morgan fingerprint density at radius 3 is 2.75 bits per heavy atom. The maximum atomic E-state index is 11.2. The molecule has 0 bridgehead atoms. The van der Waals surface area contributed by atoms with Crippen molar-refractivity contribution in [2.24, 2.45) is 11.8 Å². The third-order valence-corrected chi connectivity index (χ3v) is 2.34. The topological polar surface area (TPSA) is 47.6 Å². The Balaban J connectivity index is 1.81. The molecular formula is C12H23NO3. The molecule has 1 saturated carbocycles. The SMILES string of the molecule is CC(C)COCCOC(=O)CNCC1CC1. The van der Waals surface area contributed by atoms with E-state index in [9.17, 15) is 4.79 Å². The van der Waals surface area contributed by atoms with E-state index in [1.54, 1.807) is 0 Å². The summed E-state index contributed by atoms with van der Waals surface area (Å²) in [5.41, 5.74) is 0. The summed E-state index contributed by atoms with van der Waals surface area (Å²) < 4.78 is 10.3. The quantitative estimate of drug-likeness (QED) is 0.477. The molecule has 1 N–H and O–H groups in total. The van der Waals surface area contributed by atoms with Gasteiger partial charge in [-0.3, -0.25) is 4.79 Å². The summed E-state index contributed by atoms with van der Waals surface area (Å²) in [5.74, 6) is 1.13. The monoisotopic (exact) mass is 229 g/mol. The third-order valence-electron chi connectivity index (χ3n) is 2.34. The molecule has 0 radical (unpaired) electrons. The van der Waals surface area contributed by atoms with Crippen molar-refractivity contribution in [3.8, 4) is 0 Å². The van der Waals surface area contributed by atoms with Crippen LogP contribution in [0.4, 0.5) is 0 Å². The summed E-state index contributed by atoms with van der Waals surface area (Å²) in [5, 5.41) is 3.09. The first-order valence-electron chi connectivity index (χ1n) is 6.12.